The van der Waals surface area contributed by atoms with Crippen molar-refractivity contribution in [2.45, 2.75) is 13.2 Å². The van der Waals surface area contributed by atoms with E-state index < -0.39 is 12.1 Å². The molecule has 0 radical (unpaired) electrons. The molecule has 0 atom stereocenters. The third-order valence-electron chi connectivity index (χ3n) is 3.15. The summed E-state index contributed by atoms with van der Waals surface area (Å²) in [5.41, 5.74) is 1.89. The summed E-state index contributed by atoms with van der Waals surface area (Å²) in [4.78, 5) is 23.4. The molecule has 0 aliphatic carbocycles. The molecular formula is C17H17NO5. The predicted octanol–water partition coefficient (Wildman–Crippen LogP) is 2.71. The van der Waals surface area contributed by atoms with Crippen LogP contribution in [0.5, 0.6) is 0 Å². The molecule has 6 heteroatoms. The van der Waals surface area contributed by atoms with Crippen molar-refractivity contribution in [3.8, 4) is 0 Å². The van der Waals surface area contributed by atoms with Gasteiger partial charge < -0.3 is 14.6 Å². The van der Waals surface area contributed by atoms with Gasteiger partial charge in [0.15, 0.2) is 0 Å². The lowest BCUT2D eigenvalue weighted by Crippen LogP contribution is -2.15. The quantitative estimate of drug-likeness (QED) is 0.829. The first kappa shape index (κ1) is 16.5. The smallest absolute Gasteiger partial charge is 0.411 e. The standard InChI is InChI=1S/C17H17NO5/c1-22-16(20)13-7-8-14(10-19)15(9-13)18-17(21)23-11-12-5-3-2-4-6-12/h2-9,19H,10-11H2,1H3,(H,18,21). The Morgan fingerprint density at radius 1 is 1.13 bits per heavy atom. The molecule has 0 spiro atoms. The molecule has 0 bridgehead atoms. The van der Waals surface area contributed by atoms with Crippen molar-refractivity contribution in [3.05, 3.63) is 65.2 Å². The van der Waals surface area contributed by atoms with Gasteiger partial charge in [-0.15, -0.1) is 0 Å². The molecule has 0 heterocycles. The number of aliphatic hydroxyl groups excluding tert-OH is 1. The van der Waals surface area contributed by atoms with Crippen LogP contribution in [0.4, 0.5) is 10.5 Å². The van der Waals surface area contributed by atoms with Gasteiger partial charge in [0.2, 0.25) is 0 Å². The van der Waals surface area contributed by atoms with E-state index in [1.807, 2.05) is 30.3 Å². The maximum atomic E-state index is 11.9. The summed E-state index contributed by atoms with van der Waals surface area (Å²) in [6.45, 7) is -0.159. The van der Waals surface area contributed by atoms with E-state index >= 15 is 0 Å². The normalized spacial score (nSPS) is 10.0. The largest absolute Gasteiger partial charge is 0.465 e. The lowest BCUT2D eigenvalue weighted by atomic mass is 10.1. The van der Waals surface area contributed by atoms with Gasteiger partial charge in [-0.05, 0) is 17.7 Å². The van der Waals surface area contributed by atoms with Crippen LogP contribution < -0.4 is 5.32 Å². The Morgan fingerprint density at radius 3 is 2.52 bits per heavy atom. The summed E-state index contributed by atoms with van der Waals surface area (Å²) >= 11 is 0. The average Bonchev–Trinajstić information content (AvgIpc) is 2.60. The maximum absolute atomic E-state index is 11.9. The van der Waals surface area contributed by atoms with Gasteiger partial charge in [-0.2, -0.15) is 0 Å². The third kappa shape index (κ3) is 4.55. The Hall–Kier alpha value is -2.86. The number of anilines is 1. The summed E-state index contributed by atoms with van der Waals surface area (Å²) < 4.78 is 9.74. The minimum atomic E-state index is -0.675. The van der Waals surface area contributed by atoms with Crippen LogP contribution in [0.2, 0.25) is 0 Å². The average molecular weight is 315 g/mol. The van der Waals surface area contributed by atoms with Crippen molar-refractivity contribution < 1.29 is 24.2 Å². The Kier molecular flexibility index (Phi) is 5.71. The van der Waals surface area contributed by atoms with Gasteiger partial charge in [-0.3, -0.25) is 5.32 Å². The number of carbonyl (C=O) groups is 2. The van der Waals surface area contributed by atoms with Gasteiger partial charge in [0.05, 0.1) is 25.0 Å². The van der Waals surface area contributed by atoms with Crippen LogP contribution in [-0.2, 0) is 22.7 Å². The molecule has 2 aromatic rings. The molecule has 2 aromatic carbocycles. The number of hydrogen-bond donors (Lipinski definition) is 2. The van der Waals surface area contributed by atoms with E-state index in [0.29, 0.717) is 11.3 Å². The highest BCUT2D eigenvalue weighted by Crippen LogP contribution is 2.19. The number of hydrogen-bond acceptors (Lipinski definition) is 5. The zero-order chi connectivity index (χ0) is 16.7. The van der Waals surface area contributed by atoms with Gasteiger partial charge in [-0.25, -0.2) is 9.59 Å². The summed E-state index contributed by atoms with van der Waals surface area (Å²) in [6.07, 6.45) is -0.675. The Labute approximate surface area is 133 Å². The van der Waals surface area contributed by atoms with Crippen molar-refractivity contribution in [1.82, 2.24) is 0 Å². The summed E-state index contributed by atoms with van der Waals surface area (Å²) in [5.74, 6) is -0.532. The Bertz CT molecular complexity index is 685. The monoisotopic (exact) mass is 315 g/mol. The molecule has 1 amide bonds. The van der Waals surface area contributed by atoms with Gasteiger partial charge in [0.25, 0.3) is 0 Å². The van der Waals surface area contributed by atoms with E-state index in [1.54, 1.807) is 6.07 Å². The van der Waals surface area contributed by atoms with Crippen molar-refractivity contribution in [3.63, 3.8) is 0 Å². The molecule has 6 nitrogen and oxygen atoms in total. The fourth-order valence-electron chi connectivity index (χ4n) is 1.94. The lowest BCUT2D eigenvalue weighted by molar-refractivity contribution is 0.0600. The summed E-state index contributed by atoms with van der Waals surface area (Å²) in [6, 6.07) is 13.7. The number of benzene rings is 2. The van der Waals surface area contributed by atoms with Crippen molar-refractivity contribution in [2.75, 3.05) is 12.4 Å². The molecule has 0 aliphatic heterocycles. The van der Waals surface area contributed by atoms with Crippen LogP contribution >= 0.6 is 0 Å². The number of methoxy groups -OCH3 is 1. The fraction of sp³-hybridized carbons (Fsp3) is 0.176. The number of nitrogens with one attached hydrogen (secondary N) is 1. The molecule has 2 rings (SSSR count). The van der Waals surface area contributed by atoms with Gasteiger partial charge >= 0.3 is 12.1 Å². The van der Waals surface area contributed by atoms with E-state index in [1.165, 1.54) is 19.2 Å². The van der Waals surface area contributed by atoms with E-state index in [-0.39, 0.29) is 18.8 Å². The van der Waals surface area contributed by atoms with E-state index in [9.17, 15) is 14.7 Å². The van der Waals surface area contributed by atoms with Crippen molar-refractivity contribution in [2.24, 2.45) is 0 Å². The second-order valence-electron chi connectivity index (χ2n) is 4.71. The highest BCUT2D eigenvalue weighted by molar-refractivity contribution is 5.93. The summed E-state index contributed by atoms with van der Waals surface area (Å²) in [7, 11) is 1.27. The second-order valence-corrected chi connectivity index (χ2v) is 4.71. The molecular weight excluding hydrogens is 298 g/mol. The molecule has 0 aliphatic rings. The van der Waals surface area contributed by atoms with Gasteiger partial charge in [0.1, 0.15) is 6.61 Å². The minimum absolute atomic E-state index is 0.123. The highest BCUT2D eigenvalue weighted by Gasteiger charge is 2.12. The molecule has 0 aromatic heterocycles. The lowest BCUT2D eigenvalue weighted by Gasteiger charge is -2.11. The molecule has 23 heavy (non-hydrogen) atoms. The number of rotatable bonds is 5. The van der Waals surface area contributed by atoms with Crippen LogP contribution in [0.15, 0.2) is 48.5 Å². The number of aliphatic hydroxyl groups is 1. The first-order chi connectivity index (χ1) is 11.1. The number of carbonyl (C=O) groups excluding carboxylic acids is 2. The maximum Gasteiger partial charge on any atom is 0.411 e. The van der Waals surface area contributed by atoms with Gasteiger partial charge in [-0.1, -0.05) is 36.4 Å². The fourth-order valence-corrected chi connectivity index (χ4v) is 1.94. The molecule has 0 saturated heterocycles. The Balaban J connectivity index is 2.05. The molecule has 120 valence electrons. The van der Waals surface area contributed by atoms with Crippen molar-refractivity contribution in [1.29, 1.82) is 0 Å². The molecule has 0 unspecified atom stereocenters. The first-order valence-corrected chi connectivity index (χ1v) is 6.94. The number of amides is 1. The third-order valence-corrected chi connectivity index (χ3v) is 3.15. The SMILES string of the molecule is COC(=O)c1ccc(CO)c(NC(=O)OCc2ccccc2)c1. The van der Waals surface area contributed by atoms with Gasteiger partial charge in [0, 0.05) is 5.56 Å². The summed E-state index contributed by atoms with van der Waals surface area (Å²) in [5, 5.41) is 11.8. The zero-order valence-electron chi connectivity index (χ0n) is 12.6. The van der Waals surface area contributed by atoms with Crippen LogP contribution in [-0.4, -0.2) is 24.3 Å². The van der Waals surface area contributed by atoms with E-state index in [4.69, 9.17) is 4.74 Å². The van der Waals surface area contributed by atoms with Crippen LogP contribution in [0.1, 0.15) is 21.5 Å². The van der Waals surface area contributed by atoms with E-state index in [2.05, 4.69) is 10.1 Å². The van der Waals surface area contributed by atoms with Crippen LogP contribution in [0.3, 0.4) is 0 Å². The second kappa shape index (κ2) is 7.95. The molecule has 0 fully saturated rings. The molecule has 0 saturated carbocycles. The highest BCUT2D eigenvalue weighted by atomic mass is 16.5. The number of esters is 1. The van der Waals surface area contributed by atoms with E-state index in [0.717, 1.165) is 5.56 Å². The minimum Gasteiger partial charge on any atom is -0.465 e. The molecule has 2 N–H and O–H groups in total. The predicted molar refractivity (Wildman–Crippen MR) is 84.0 cm³/mol. The van der Waals surface area contributed by atoms with Crippen molar-refractivity contribution >= 4 is 17.7 Å². The van der Waals surface area contributed by atoms with Crippen LogP contribution in [0, 0.1) is 0 Å². The number of ether oxygens (including phenoxy) is 2. The van der Waals surface area contributed by atoms with Crippen LogP contribution in [0.25, 0.3) is 0 Å². The first-order valence-electron chi connectivity index (χ1n) is 6.94. The zero-order valence-corrected chi connectivity index (χ0v) is 12.6. The topological polar surface area (TPSA) is 84.9 Å². The Morgan fingerprint density at radius 2 is 1.87 bits per heavy atom.